The molecule has 0 unspecified atom stereocenters. The molecule has 0 amide bonds. The molecule has 0 aliphatic carbocycles. The fourth-order valence-electron chi connectivity index (χ4n) is 1.19. The predicted molar refractivity (Wildman–Crippen MR) is 64.3 cm³/mol. The van der Waals surface area contributed by atoms with E-state index in [0.717, 1.165) is 19.3 Å². The third kappa shape index (κ3) is 9.15. The summed E-state index contributed by atoms with van der Waals surface area (Å²) in [5.41, 5.74) is 0. The van der Waals surface area contributed by atoms with Gasteiger partial charge in [0.2, 0.25) is 0 Å². The van der Waals surface area contributed by atoms with Crippen LogP contribution in [0.5, 0.6) is 0 Å². The molecule has 0 saturated heterocycles. The summed E-state index contributed by atoms with van der Waals surface area (Å²) in [5.74, 6) is 0.0461. The molecule has 0 N–H and O–H groups in total. The summed E-state index contributed by atoms with van der Waals surface area (Å²) in [6.45, 7) is 1.59. The van der Waals surface area contributed by atoms with E-state index in [4.69, 9.17) is 6.15 Å². The summed E-state index contributed by atoms with van der Waals surface area (Å²) < 4.78 is 10.5. The normalized spacial score (nSPS) is 11.2. The van der Waals surface area contributed by atoms with E-state index in [1.807, 2.05) is 9.88 Å². The maximum absolute atomic E-state index is 11.4. The second-order valence-corrected chi connectivity index (χ2v) is 14.1. The average molecular weight is 337 g/mol. The predicted octanol–water partition coefficient (Wildman–Crippen LogP) is 2.42. The van der Waals surface area contributed by atoms with Gasteiger partial charge in [-0.2, -0.15) is 0 Å². The minimum atomic E-state index is -2.94. The van der Waals surface area contributed by atoms with Crippen LogP contribution in [-0.2, 0) is 15.7 Å². The molecule has 0 aromatic rings. The summed E-state index contributed by atoms with van der Waals surface area (Å²) in [7, 11) is 1.59. The van der Waals surface area contributed by atoms with Crippen LogP contribution in [0.4, 0.5) is 0 Å². The number of unbranched alkanes of at least 4 members (excludes halogenated alkanes) is 2. The van der Waals surface area contributed by atoms with Gasteiger partial charge in [0.05, 0.1) is 0 Å². The van der Waals surface area contributed by atoms with Crippen molar-refractivity contribution in [3.8, 4) is 0 Å². The van der Waals surface area contributed by atoms with E-state index in [0.29, 0.717) is 12.8 Å². The van der Waals surface area contributed by atoms with Crippen molar-refractivity contribution in [1.29, 1.82) is 0 Å². The Balaban J connectivity index is 3.55. The van der Waals surface area contributed by atoms with Crippen LogP contribution in [-0.4, -0.2) is 38.1 Å². The van der Waals surface area contributed by atoms with Gasteiger partial charge in [0.25, 0.3) is 0 Å². The van der Waals surface area contributed by atoms with Gasteiger partial charge in [-0.25, -0.2) is 0 Å². The zero-order chi connectivity index (χ0) is 12.6. The summed E-state index contributed by atoms with van der Waals surface area (Å²) in [4.78, 5) is 25.9. The number of ketones is 1. The van der Waals surface area contributed by atoms with Crippen LogP contribution in [0.2, 0.25) is 9.88 Å². The molecule has 4 nitrogen and oxygen atoms in total. The van der Waals surface area contributed by atoms with Crippen molar-refractivity contribution >= 4 is 31.0 Å². The number of carbonyl (C=O) groups excluding carboxylic acids is 2. The van der Waals surface area contributed by atoms with Crippen LogP contribution < -0.4 is 0 Å². The van der Waals surface area contributed by atoms with Crippen LogP contribution >= 0.6 is 0 Å². The van der Waals surface area contributed by atoms with Crippen molar-refractivity contribution in [3.63, 3.8) is 0 Å². The quantitative estimate of drug-likeness (QED) is 0.504. The molecule has 0 atom stereocenters. The SMILES string of the molecule is C[O][Sn]([CH3])([CH3])[O]C(=O)CCCCCC(C)=O. The number of rotatable bonds is 8. The van der Waals surface area contributed by atoms with E-state index >= 15 is 0 Å². The van der Waals surface area contributed by atoms with E-state index in [-0.39, 0.29) is 11.8 Å². The Labute approximate surface area is 103 Å². The zero-order valence-electron chi connectivity index (χ0n) is 10.7. The molecule has 0 aromatic heterocycles. The molecule has 5 heteroatoms. The van der Waals surface area contributed by atoms with E-state index in [2.05, 4.69) is 0 Å². The Kier molecular flexibility index (Phi) is 8.01. The van der Waals surface area contributed by atoms with E-state index in [1.54, 1.807) is 14.0 Å². The van der Waals surface area contributed by atoms with Crippen molar-refractivity contribution in [2.45, 2.75) is 48.9 Å². The van der Waals surface area contributed by atoms with Gasteiger partial charge in [0, 0.05) is 0 Å². The van der Waals surface area contributed by atoms with Crippen molar-refractivity contribution in [3.05, 3.63) is 0 Å². The van der Waals surface area contributed by atoms with Crippen molar-refractivity contribution in [1.82, 2.24) is 0 Å². The molecule has 0 aliphatic heterocycles. The first kappa shape index (κ1) is 15.9. The third-order valence-corrected chi connectivity index (χ3v) is 7.12. The molecule has 0 bridgehead atoms. The van der Waals surface area contributed by atoms with Crippen molar-refractivity contribution in [2.24, 2.45) is 0 Å². The zero-order valence-corrected chi connectivity index (χ0v) is 13.5. The van der Waals surface area contributed by atoms with Gasteiger partial charge in [0.15, 0.2) is 0 Å². The Morgan fingerprint density at radius 2 is 1.62 bits per heavy atom. The average Bonchev–Trinajstić information content (AvgIpc) is 2.16. The summed E-state index contributed by atoms with van der Waals surface area (Å²) in [6, 6.07) is 0. The van der Waals surface area contributed by atoms with Gasteiger partial charge >= 0.3 is 103 Å². The molecule has 0 aromatic carbocycles. The monoisotopic (exact) mass is 338 g/mol. The molecule has 0 fully saturated rings. The van der Waals surface area contributed by atoms with Gasteiger partial charge in [-0.15, -0.1) is 0 Å². The van der Waals surface area contributed by atoms with Crippen LogP contribution in [0.3, 0.4) is 0 Å². The van der Waals surface area contributed by atoms with Gasteiger partial charge in [-0.1, -0.05) is 0 Å². The second kappa shape index (κ2) is 8.06. The fourth-order valence-corrected chi connectivity index (χ4v) is 3.28. The Bertz CT molecular complexity index is 238. The van der Waals surface area contributed by atoms with Crippen LogP contribution in [0.25, 0.3) is 0 Å². The third-order valence-electron chi connectivity index (χ3n) is 2.26. The molecule has 0 saturated carbocycles. The number of carbonyl (C=O) groups is 2. The second-order valence-electron chi connectivity index (χ2n) is 4.34. The van der Waals surface area contributed by atoms with E-state index < -0.39 is 19.2 Å². The molecule has 94 valence electrons. The van der Waals surface area contributed by atoms with Crippen LogP contribution in [0, 0.1) is 0 Å². The summed E-state index contributed by atoms with van der Waals surface area (Å²) in [5, 5.41) is 0. The van der Waals surface area contributed by atoms with Crippen molar-refractivity contribution in [2.75, 3.05) is 7.11 Å². The van der Waals surface area contributed by atoms with Gasteiger partial charge < -0.3 is 0 Å². The first-order valence-electron chi connectivity index (χ1n) is 5.64. The standard InChI is InChI=1S/C8H14O3.CH3O.2CH3.Sn/c1-7(9)5-3-2-4-6-8(10)11;1-2;;;/h2-6H2,1H3,(H,10,11);1H3;2*1H3;/q;-1;;;+2/p-1. The van der Waals surface area contributed by atoms with Crippen molar-refractivity contribution < 1.29 is 15.7 Å². The van der Waals surface area contributed by atoms with Gasteiger partial charge in [0.1, 0.15) is 0 Å². The first-order chi connectivity index (χ1) is 7.37. The van der Waals surface area contributed by atoms with Crippen LogP contribution in [0.15, 0.2) is 0 Å². The Hall–Kier alpha value is -0.101. The topological polar surface area (TPSA) is 52.6 Å². The molecule has 16 heavy (non-hydrogen) atoms. The maximum atomic E-state index is 11.4. The summed E-state index contributed by atoms with van der Waals surface area (Å²) in [6.07, 6.45) is 3.59. The fraction of sp³-hybridized carbons (Fsp3) is 0.818. The first-order valence-corrected chi connectivity index (χ1v) is 13.7. The summed E-state index contributed by atoms with van der Waals surface area (Å²) >= 11 is -2.94. The molecule has 0 radical (unpaired) electrons. The Morgan fingerprint density at radius 3 is 2.12 bits per heavy atom. The molecular formula is C11H22O4Sn. The van der Waals surface area contributed by atoms with Gasteiger partial charge in [-0.3, -0.25) is 0 Å². The number of hydrogen-bond donors (Lipinski definition) is 0. The molecule has 0 rings (SSSR count). The van der Waals surface area contributed by atoms with Gasteiger partial charge in [-0.05, 0) is 0 Å². The number of Topliss-reactive ketones (excluding diaryl/α,β-unsaturated/α-hetero) is 1. The number of hydrogen-bond acceptors (Lipinski definition) is 4. The molecular weight excluding hydrogens is 315 g/mol. The molecule has 0 spiro atoms. The minimum absolute atomic E-state index is 0.162. The molecule has 0 heterocycles. The van der Waals surface area contributed by atoms with E-state index in [9.17, 15) is 9.59 Å². The van der Waals surface area contributed by atoms with E-state index in [1.165, 1.54) is 0 Å². The Morgan fingerprint density at radius 1 is 1.06 bits per heavy atom. The molecule has 0 aliphatic rings. The van der Waals surface area contributed by atoms with Crippen LogP contribution in [0.1, 0.15) is 39.0 Å².